The summed E-state index contributed by atoms with van der Waals surface area (Å²) in [5.74, 6) is 2.62. The number of hydrogen-bond donors (Lipinski definition) is 3. The van der Waals surface area contributed by atoms with Gasteiger partial charge in [0.2, 0.25) is 17.6 Å². The first-order chi connectivity index (χ1) is 15.2. The van der Waals surface area contributed by atoms with Gasteiger partial charge in [0.1, 0.15) is 5.82 Å². The van der Waals surface area contributed by atoms with E-state index < -0.39 is 0 Å². The third kappa shape index (κ3) is 4.05. The first kappa shape index (κ1) is 22.5. The molecule has 170 valence electrons. The number of amides is 2. The largest absolute Gasteiger partial charge is 0.461 e. The maximum Gasteiger partial charge on any atom is 0.233 e. The molecule has 3 heterocycles. The lowest BCUT2D eigenvalue weighted by atomic mass is 9.85. The van der Waals surface area contributed by atoms with Crippen LogP contribution in [0.4, 0.5) is 0 Å². The van der Waals surface area contributed by atoms with Gasteiger partial charge in [-0.05, 0) is 36.8 Å². The Morgan fingerprint density at radius 2 is 2.00 bits per heavy atom. The van der Waals surface area contributed by atoms with Gasteiger partial charge in [0.25, 0.3) is 0 Å². The van der Waals surface area contributed by atoms with E-state index in [1.54, 1.807) is 25.4 Å². The fraction of sp³-hybridized carbons (Fsp3) is 0.476. The van der Waals surface area contributed by atoms with Crippen molar-refractivity contribution in [1.29, 1.82) is 0 Å². The molecule has 1 aliphatic heterocycles. The summed E-state index contributed by atoms with van der Waals surface area (Å²) in [5, 5.41) is 13.4. The lowest BCUT2D eigenvalue weighted by Gasteiger charge is -2.17. The lowest BCUT2D eigenvalue weighted by Crippen LogP contribution is -2.39. The maximum atomic E-state index is 12.7. The molecule has 2 bridgehead atoms. The average Bonchev–Trinajstić information content (AvgIpc) is 3.59. The highest BCUT2D eigenvalue weighted by Crippen LogP contribution is 2.52. The van der Waals surface area contributed by atoms with Gasteiger partial charge in [-0.15, -0.1) is 29.1 Å². The van der Waals surface area contributed by atoms with Crippen molar-refractivity contribution in [3.63, 3.8) is 0 Å². The number of H-pyrrole nitrogens is 1. The fourth-order valence-corrected chi connectivity index (χ4v) is 4.91. The zero-order valence-corrected chi connectivity index (χ0v) is 20.0. The van der Waals surface area contributed by atoms with Gasteiger partial charge in [0, 0.05) is 20.1 Å². The molecule has 2 fully saturated rings. The molecule has 2 amide bonds. The number of fused-ring (bicyclic) bond motifs is 5. The quantitative estimate of drug-likeness (QED) is 0.119. The van der Waals surface area contributed by atoms with E-state index in [0.29, 0.717) is 49.4 Å². The van der Waals surface area contributed by atoms with Gasteiger partial charge in [-0.1, -0.05) is 12.2 Å². The van der Waals surface area contributed by atoms with E-state index in [2.05, 4.69) is 43.0 Å². The molecule has 2 aliphatic carbocycles. The van der Waals surface area contributed by atoms with Gasteiger partial charge < -0.3 is 15.1 Å². The molecule has 32 heavy (non-hydrogen) atoms. The number of carbonyl (C=O) groups is 2. The molecule has 3 aliphatic rings. The van der Waals surface area contributed by atoms with Crippen LogP contribution in [0.25, 0.3) is 11.6 Å². The molecule has 0 radical (unpaired) electrons. The predicted octanol–water partition coefficient (Wildman–Crippen LogP) is 1.54. The van der Waals surface area contributed by atoms with E-state index >= 15 is 0 Å². The molecule has 11 heteroatoms. The topological polar surface area (TPSA) is 129 Å². The molecule has 0 aromatic carbocycles. The van der Waals surface area contributed by atoms with Gasteiger partial charge in [-0.2, -0.15) is 0 Å². The van der Waals surface area contributed by atoms with Gasteiger partial charge in [-0.3, -0.25) is 24.6 Å². The van der Waals surface area contributed by atoms with Gasteiger partial charge in [0.15, 0.2) is 11.7 Å². The van der Waals surface area contributed by atoms with Gasteiger partial charge in [0.05, 0.1) is 24.6 Å². The van der Waals surface area contributed by atoms with Crippen molar-refractivity contribution >= 4 is 41.8 Å². The maximum absolute atomic E-state index is 12.7. The number of likely N-dealkylation sites (tertiary alicyclic amines) is 1. The third-order valence-electron chi connectivity index (χ3n) is 6.33. The number of nitrogens with zero attached hydrogens (tertiary/aromatic N) is 4. The zero-order valence-electron chi connectivity index (χ0n) is 17.7. The summed E-state index contributed by atoms with van der Waals surface area (Å²) in [6, 6.07) is 3.58. The molecule has 1 saturated carbocycles. The van der Waals surface area contributed by atoms with Crippen molar-refractivity contribution in [1.82, 2.24) is 30.7 Å². The van der Waals surface area contributed by atoms with Gasteiger partial charge >= 0.3 is 0 Å². The minimum Gasteiger partial charge on any atom is -0.461 e. The molecule has 5 rings (SSSR count). The number of guanidine groups is 1. The molecule has 10 nitrogen and oxygen atoms in total. The van der Waals surface area contributed by atoms with Crippen LogP contribution in [0.2, 0.25) is 0 Å². The Labute approximate surface area is 202 Å². The second kappa shape index (κ2) is 9.43. The highest BCUT2D eigenvalue weighted by Gasteiger charge is 2.58. The summed E-state index contributed by atoms with van der Waals surface area (Å²) in [7, 11) is 1.68. The van der Waals surface area contributed by atoms with Crippen LogP contribution in [-0.2, 0) is 16.1 Å². The Bertz CT molecular complexity index is 1000. The molecular formula is C21H26IN7O3. The average molecular weight is 551 g/mol. The Balaban J connectivity index is 0.00000245. The SMILES string of the molecule is CN=C(NCCCN1C(=O)C2C3C=CC(C3)C2C1=O)NCc1nc(-c2ccco2)n[nH]1.I. The first-order valence-electron chi connectivity index (χ1n) is 10.6. The van der Waals surface area contributed by atoms with Gasteiger partial charge in [-0.25, -0.2) is 4.98 Å². The Hall–Kier alpha value is -2.70. The molecule has 4 atom stereocenters. The molecule has 2 aromatic rings. The minimum absolute atomic E-state index is 0. The molecule has 1 saturated heterocycles. The number of furan rings is 1. The number of aliphatic imine (C=N–C) groups is 1. The zero-order chi connectivity index (χ0) is 21.4. The fourth-order valence-electron chi connectivity index (χ4n) is 4.91. The normalized spacial score (nSPS) is 25.9. The number of aromatic nitrogens is 3. The lowest BCUT2D eigenvalue weighted by molar-refractivity contribution is -0.140. The second-order valence-electron chi connectivity index (χ2n) is 8.12. The van der Waals surface area contributed by atoms with E-state index in [1.165, 1.54) is 4.90 Å². The van der Waals surface area contributed by atoms with Crippen molar-refractivity contribution in [3.8, 4) is 11.6 Å². The van der Waals surface area contributed by atoms with E-state index in [9.17, 15) is 9.59 Å². The smallest absolute Gasteiger partial charge is 0.233 e. The summed E-state index contributed by atoms with van der Waals surface area (Å²) in [5.41, 5.74) is 0. The summed E-state index contributed by atoms with van der Waals surface area (Å²) >= 11 is 0. The van der Waals surface area contributed by atoms with Crippen molar-refractivity contribution < 1.29 is 14.0 Å². The van der Waals surface area contributed by atoms with Crippen LogP contribution in [0.1, 0.15) is 18.7 Å². The number of aromatic amines is 1. The molecular weight excluding hydrogens is 525 g/mol. The molecule has 2 aromatic heterocycles. The number of nitrogens with one attached hydrogen (secondary N) is 3. The number of hydrogen-bond acceptors (Lipinski definition) is 6. The van der Waals surface area contributed by atoms with Crippen LogP contribution in [0.15, 0.2) is 40.0 Å². The van der Waals surface area contributed by atoms with Crippen LogP contribution < -0.4 is 10.6 Å². The highest BCUT2D eigenvalue weighted by atomic mass is 127. The third-order valence-corrected chi connectivity index (χ3v) is 6.33. The summed E-state index contributed by atoms with van der Waals surface area (Å²) < 4.78 is 5.28. The monoisotopic (exact) mass is 551 g/mol. The Kier molecular flexibility index (Phi) is 6.63. The number of allylic oxidation sites excluding steroid dienone is 2. The summed E-state index contributed by atoms with van der Waals surface area (Å²) in [6.45, 7) is 1.43. The van der Waals surface area contributed by atoms with E-state index in [1.807, 2.05) is 0 Å². The van der Waals surface area contributed by atoms with Crippen molar-refractivity contribution in [2.24, 2.45) is 28.7 Å². The van der Waals surface area contributed by atoms with Crippen molar-refractivity contribution in [2.45, 2.75) is 19.4 Å². The van der Waals surface area contributed by atoms with Crippen LogP contribution in [0.5, 0.6) is 0 Å². The van der Waals surface area contributed by atoms with E-state index in [4.69, 9.17) is 4.42 Å². The number of carbonyl (C=O) groups excluding carboxylic acids is 2. The summed E-state index contributed by atoms with van der Waals surface area (Å²) in [4.78, 5) is 35.5. The van der Waals surface area contributed by atoms with Crippen LogP contribution in [0, 0.1) is 23.7 Å². The highest BCUT2D eigenvalue weighted by molar-refractivity contribution is 14.0. The number of halogens is 1. The molecule has 3 N–H and O–H groups in total. The second-order valence-corrected chi connectivity index (χ2v) is 8.12. The van der Waals surface area contributed by atoms with Crippen LogP contribution in [-0.4, -0.2) is 58.0 Å². The summed E-state index contributed by atoms with van der Waals surface area (Å²) in [6.07, 6.45) is 7.42. The van der Waals surface area contributed by atoms with E-state index in [0.717, 1.165) is 6.42 Å². The van der Waals surface area contributed by atoms with Crippen molar-refractivity contribution in [3.05, 3.63) is 36.4 Å². The standard InChI is InChI=1S/C21H25N7O3.HI/c1-22-21(24-11-15-25-18(27-26-15)14-4-2-9-31-14)23-7-3-8-28-19(29)16-12-5-6-13(10-12)17(16)20(28)30;/h2,4-6,9,12-13,16-17H,3,7-8,10-11H2,1H3,(H2,22,23,24)(H,25,26,27);1H. The Morgan fingerprint density at radius 1 is 1.25 bits per heavy atom. The van der Waals surface area contributed by atoms with E-state index in [-0.39, 0.29) is 59.5 Å². The van der Waals surface area contributed by atoms with Crippen LogP contribution in [0.3, 0.4) is 0 Å². The Morgan fingerprint density at radius 3 is 2.66 bits per heavy atom. The number of rotatable bonds is 7. The number of imide groups is 1. The molecule has 0 spiro atoms. The van der Waals surface area contributed by atoms with Crippen molar-refractivity contribution in [2.75, 3.05) is 20.1 Å². The predicted molar refractivity (Wildman–Crippen MR) is 127 cm³/mol. The first-order valence-corrected chi connectivity index (χ1v) is 10.6. The molecule has 4 unspecified atom stereocenters. The minimum atomic E-state index is -0.127. The van der Waals surface area contributed by atoms with Crippen LogP contribution >= 0.6 is 24.0 Å².